The summed E-state index contributed by atoms with van der Waals surface area (Å²) in [6.07, 6.45) is 0. The number of nitrogens with zero attached hydrogens (tertiary/aromatic N) is 3. The van der Waals surface area contributed by atoms with Crippen molar-refractivity contribution in [1.82, 2.24) is 15.0 Å². The van der Waals surface area contributed by atoms with E-state index in [9.17, 15) is 0 Å². The van der Waals surface area contributed by atoms with E-state index in [1.54, 1.807) is 0 Å². The minimum absolute atomic E-state index is 0.581. The number of benzene rings is 8. The lowest BCUT2D eigenvalue weighted by Crippen LogP contribution is -2.00. The molecule has 0 spiro atoms. The van der Waals surface area contributed by atoms with Crippen LogP contribution in [0.4, 0.5) is 0 Å². The van der Waals surface area contributed by atoms with Crippen LogP contribution in [0.15, 0.2) is 197 Å². The highest BCUT2D eigenvalue weighted by Crippen LogP contribution is 2.41. The van der Waals surface area contributed by atoms with Gasteiger partial charge in [0.15, 0.2) is 17.5 Å². The maximum absolute atomic E-state index is 6.63. The summed E-state index contributed by atoms with van der Waals surface area (Å²) >= 11 is 0. The van der Waals surface area contributed by atoms with E-state index >= 15 is 0 Å². The van der Waals surface area contributed by atoms with E-state index in [1.165, 1.54) is 0 Å². The highest BCUT2D eigenvalue weighted by Gasteiger charge is 2.18. The van der Waals surface area contributed by atoms with Gasteiger partial charge in [-0.2, -0.15) is 0 Å². The van der Waals surface area contributed by atoms with Gasteiger partial charge in [-0.3, -0.25) is 0 Å². The highest BCUT2D eigenvalue weighted by atomic mass is 16.3. The Labute approximate surface area is 322 Å². The van der Waals surface area contributed by atoms with Crippen molar-refractivity contribution in [2.75, 3.05) is 0 Å². The Hall–Kier alpha value is -7.63. The molecule has 8 aromatic carbocycles. The van der Waals surface area contributed by atoms with Crippen molar-refractivity contribution in [1.29, 1.82) is 0 Å². The minimum Gasteiger partial charge on any atom is -0.456 e. The van der Waals surface area contributed by atoms with Crippen LogP contribution in [-0.4, -0.2) is 15.0 Å². The van der Waals surface area contributed by atoms with E-state index in [4.69, 9.17) is 23.8 Å². The molecule has 0 aliphatic heterocycles. The fourth-order valence-corrected chi connectivity index (χ4v) is 7.81. The van der Waals surface area contributed by atoms with E-state index in [0.717, 1.165) is 93.9 Å². The number of aromatic nitrogens is 3. The first-order chi connectivity index (χ1) is 27.7. The molecule has 3 aromatic heterocycles. The van der Waals surface area contributed by atoms with Gasteiger partial charge in [-0.15, -0.1) is 0 Å². The molecule has 0 N–H and O–H groups in total. The number of hydrogen-bond acceptors (Lipinski definition) is 5. The van der Waals surface area contributed by atoms with E-state index in [2.05, 4.69) is 133 Å². The van der Waals surface area contributed by atoms with Crippen LogP contribution < -0.4 is 0 Å². The van der Waals surface area contributed by atoms with E-state index in [-0.39, 0.29) is 0 Å². The second-order valence-corrected chi connectivity index (χ2v) is 14.0. The van der Waals surface area contributed by atoms with E-state index < -0.39 is 0 Å². The number of rotatable bonds is 6. The lowest BCUT2D eigenvalue weighted by Gasteiger charge is -2.11. The van der Waals surface area contributed by atoms with Crippen molar-refractivity contribution in [3.63, 3.8) is 0 Å². The lowest BCUT2D eigenvalue weighted by atomic mass is 9.93. The molecule has 11 aromatic rings. The molecule has 56 heavy (non-hydrogen) atoms. The second kappa shape index (κ2) is 13.0. The molecule has 5 nitrogen and oxygen atoms in total. The average molecular weight is 718 g/mol. The van der Waals surface area contributed by atoms with Crippen molar-refractivity contribution >= 4 is 43.9 Å². The van der Waals surface area contributed by atoms with Gasteiger partial charge in [0.2, 0.25) is 0 Å². The molecule has 0 aliphatic rings. The van der Waals surface area contributed by atoms with Crippen molar-refractivity contribution in [3.05, 3.63) is 188 Å². The van der Waals surface area contributed by atoms with Crippen molar-refractivity contribution in [2.24, 2.45) is 0 Å². The zero-order valence-electron chi connectivity index (χ0n) is 30.1. The molecule has 3 heterocycles. The molecule has 0 fully saturated rings. The first-order valence-electron chi connectivity index (χ1n) is 18.7. The summed E-state index contributed by atoms with van der Waals surface area (Å²) in [6, 6.07) is 64.5. The Kier molecular flexibility index (Phi) is 7.42. The summed E-state index contributed by atoms with van der Waals surface area (Å²) in [5, 5.41) is 4.31. The number of furan rings is 2. The Balaban J connectivity index is 0.994. The summed E-state index contributed by atoms with van der Waals surface area (Å²) in [6.45, 7) is 0. The Bertz CT molecular complexity index is 3240. The number of hydrogen-bond donors (Lipinski definition) is 0. The largest absolute Gasteiger partial charge is 0.456 e. The SMILES string of the molecule is c1ccc(-c2ccc(-c3nc(-c4ccccc4)nc(-c4ccc5c(c4)oc4cc(-c6ccccc6-c6cccc7c6oc6ccccc67)ccc45)n3)cc2)cc1. The van der Waals surface area contributed by atoms with Crippen LogP contribution in [0.25, 0.3) is 111 Å². The molecule has 0 radical (unpaired) electrons. The van der Waals surface area contributed by atoms with Gasteiger partial charge in [-0.05, 0) is 58.1 Å². The van der Waals surface area contributed by atoms with Crippen LogP contribution in [-0.2, 0) is 0 Å². The fraction of sp³-hybridized carbons (Fsp3) is 0. The first-order valence-corrected chi connectivity index (χ1v) is 18.7. The Morgan fingerprint density at radius 3 is 1.46 bits per heavy atom. The van der Waals surface area contributed by atoms with Gasteiger partial charge in [0.05, 0.1) is 0 Å². The summed E-state index contributed by atoms with van der Waals surface area (Å²) in [4.78, 5) is 14.9. The minimum atomic E-state index is 0.581. The molecule has 0 unspecified atom stereocenters. The Morgan fingerprint density at radius 1 is 0.268 bits per heavy atom. The van der Waals surface area contributed by atoms with Gasteiger partial charge in [-0.1, -0.05) is 158 Å². The van der Waals surface area contributed by atoms with Crippen molar-refractivity contribution in [2.45, 2.75) is 0 Å². The van der Waals surface area contributed by atoms with Gasteiger partial charge < -0.3 is 8.83 Å². The summed E-state index contributed by atoms with van der Waals surface area (Å²) in [7, 11) is 0. The third-order valence-electron chi connectivity index (χ3n) is 10.6. The third-order valence-corrected chi connectivity index (χ3v) is 10.6. The standard InChI is InChI=1S/C51H31N3O2/c1-3-12-32(13-4-1)33-22-24-35(25-23-33)50-52-49(34-14-5-2-6-15-34)53-51(54-50)37-27-29-42-41-28-26-36(30-46(41)55-47(42)31-37)38-16-7-8-17-39(38)43-19-11-20-44-40-18-9-10-21-45(40)56-48(43)44/h1-31H. The number of fused-ring (bicyclic) bond motifs is 6. The zero-order valence-corrected chi connectivity index (χ0v) is 30.1. The van der Waals surface area contributed by atoms with Gasteiger partial charge >= 0.3 is 0 Å². The third kappa shape index (κ3) is 5.45. The zero-order chi connectivity index (χ0) is 37.0. The highest BCUT2D eigenvalue weighted by molar-refractivity contribution is 6.11. The molecule has 0 saturated heterocycles. The van der Waals surface area contributed by atoms with Gasteiger partial charge in [0.25, 0.3) is 0 Å². The maximum atomic E-state index is 6.63. The fourth-order valence-electron chi connectivity index (χ4n) is 7.81. The summed E-state index contributed by atoms with van der Waals surface area (Å²) in [5.41, 5.74) is 12.7. The monoisotopic (exact) mass is 717 g/mol. The van der Waals surface area contributed by atoms with Crippen molar-refractivity contribution in [3.8, 4) is 67.5 Å². The van der Waals surface area contributed by atoms with Crippen LogP contribution in [0.2, 0.25) is 0 Å². The van der Waals surface area contributed by atoms with Crippen LogP contribution in [0.3, 0.4) is 0 Å². The summed E-state index contributed by atoms with van der Waals surface area (Å²) < 4.78 is 13.1. The van der Waals surface area contributed by atoms with Crippen molar-refractivity contribution < 1.29 is 8.83 Å². The van der Waals surface area contributed by atoms with Crippen LogP contribution in [0, 0.1) is 0 Å². The predicted octanol–water partition coefficient (Wildman–Crippen LogP) is 13.7. The van der Waals surface area contributed by atoms with Crippen LogP contribution in [0.1, 0.15) is 0 Å². The molecule has 0 atom stereocenters. The van der Waals surface area contributed by atoms with Gasteiger partial charge in [0.1, 0.15) is 22.3 Å². The second-order valence-electron chi connectivity index (χ2n) is 14.0. The topological polar surface area (TPSA) is 65.0 Å². The normalized spacial score (nSPS) is 11.6. The predicted molar refractivity (Wildman–Crippen MR) is 227 cm³/mol. The molecule has 0 saturated carbocycles. The molecule has 5 heteroatoms. The number of para-hydroxylation sites is 2. The smallest absolute Gasteiger partial charge is 0.164 e. The molecular weight excluding hydrogens is 687 g/mol. The Morgan fingerprint density at radius 2 is 0.732 bits per heavy atom. The van der Waals surface area contributed by atoms with Gasteiger partial charge in [-0.25, -0.2) is 15.0 Å². The lowest BCUT2D eigenvalue weighted by molar-refractivity contribution is 0.669. The van der Waals surface area contributed by atoms with E-state index in [0.29, 0.717) is 17.5 Å². The van der Waals surface area contributed by atoms with Crippen LogP contribution in [0.5, 0.6) is 0 Å². The molecule has 0 aliphatic carbocycles. The average Bonchev–Trinajstić information content (AvgIpc) is 3.85. The molecule has 262 valence electrons. The first kappa shape index (κ1) is 31.9. The maximum Gasteiger partial charge on any atom is 0.164 e. The molecule has 11 rings (SSSR count). The van der Waals surface area contributed by atoms with Crippen LogP contribution >= 0.6 is 0 Å². The molecule has 0 amide bonds. The van der Waals surface area contributed by atoms with Gasteiger partial charge in [0, 0.05) is 43.8 Å². The molecular formula is C51H31N3O2. The summed E-state index contributed by atoms with van der Waals surface area (Å²) in [5.74, 6) is 1.81. The quantitative estimate of drug-likeness (QED) is 0.171. The molecule has 0 bridgehead atoms. The van der Waals surface area contributed by atoms with E-state index in [1.807, 2.05) is 54.6 Å².